The molecule has 10 heteroatoms. The van der Waals surface area contributed by atoms with Crippen LogP contribution in [0.5, 0.6) is 0 Å². The third-order valence-electron chi connectivity index (χ3n) is 6.18. The van der Waals surface area contributed by atoms with Crippen LogP contribution in [0.2, 0.25) is 10.0 Å². The lowest BCUT2D eigenvalue weighted by atomic mass is 9.95. The number of nitrogens with one attached hydrogen (secondary N) is 1. The molecule has 190 valence electrons. The molecule has 0 aliphatic heterocycles. The summed E-state index contributed by atoms with van der Waals surface area (Å²) in [6.07, 6.45) is 6.17. The quantitative estimate of drug-likeness (QED) is 0.503. The Morgan fingerprint density at radius 1 is 0.971 bits per heavy atom. The Hall–Kier alpha value is -2.29. The number of carbonyl (C=O) groups is 2. The molecule has 0 saturated heterocycles. The zero-order chi connectivity index (χ0) is 25.6. The molecule has 0 bridgehead atoms. The summed E-state index contributed by atoms with van der Waals surface area (Å²) in [5.41, 5.74) is 1.09. The van der Waals surface area contributed by atoms with E-state index in [4.69, 9.17) is 23.2 Å². The number of carbonyl (C=O) groups excluding carboxylic acids is 2. The van der Waals surface area contributed by atoms with Gasteiger partial charge in [0.05, 0.1) is 11.9 Å². The fourth-order valence-corrected chi connectivity index (χ4v) is 5.26. The van der Waals surface area contributed by atoms with Crippen LogP contribution in [0.25, 0.3) is 0 Å². The fourth-order valence-electron chi connectivity index (χ4n) is 4.16. The average molecular weight is 541 g/mol. The first-order valence-corrected chi connectivity index (χ1v) is 14.2. The van der Waals surface area contributed by atoms with Crippen LogP contribution in [0.3, 0.4) is 0 Å². The molecule has 35 heavy (non-hydrogen) atoms. The molecule has 3 rings (SSSR count). The van der Waals surface area contributed by atoms with Gasteiger partial charge in [0.1, 0.15) is 12.6 Å². The summed E-state index contributed by atoms with van der Waals surface area (Å²) in [6, 6.07) is 12.5. The first-order chi connectivity index (χ1) is 16.5. The van der Waals surface area contributed by atoms with Crippen molar-refractivity contribution in [3.8, 4) is 0 Å². The number of hydrogen-bond donors (Lipinski definition) is 1. The van der Waals surface area contributed by atoms with Gasteiger partial charge in [-0.15, -0.1) is 0 Å². The zero-order valence-electron chi connectivity index (χ0n) is 19.9. The van der Waals surface area contributed by atoms with Gasteiger partial charge in [-0.1, -0.05) is 54.6 Å². The van der Waals surface area contributed by atoms with Crippen molar-refractivity contribution in [2.24, 2.45) is 0 Å². The van der Waals surface area contributed by atoms with E-state index in [-0.39, 0.29) is 18.5 Å². The third-order valence-corrected chi connectivity index (χ3v) is 7.82. The summed E-state index contributed by atoms with van der Waals surface area (Å²) in [7, 11) is -3.78. The summed E-state index contributed by atoms with van der Waals surface area (Å²) in [6.45, 7) is 1.35. The van der Waals surface area contributed by atoms with Crippen LogP contribution in [0.1, 0.15) is 44.6 Å². The van der Waals surface area contributed by atoms with E-state index in [9.17, 15) is 18.0 Å². The van der Waals surface area contributed by atoms with Gasteiger partial charge in [-0.3, -0.25) is 13.9 Å². The highest BCUT2D eigenvalue weighted by atomic mass is 35.5. The second-order valence-corrected chi connectivity index (χ2v) is 11.7. The highest BCUT2D eigenvalue weighted by Gasteiger charge is 2.31. The maximum Gasteiger partial charge on any atom is 0.244 e. The van der Waals surface area contributed by atoms with Gasteiger partial charge in [-0.05, 0) is 61.7 Å². The summed E-state index contributed by atoms with van der Waals surface area (Å²) in [5.74, 6) is -0.747. The molecular formula is C25H31Cl2N3O4S. The van der Waals surface area contributed by atoms with Crippen molar-refractivity contribution >= 4 is 50.7 Å². The SMILES string of the molecule is C[C@H](C(=O)NC1CCCCC1)N(Cc1ccc(Cl)cc1)C(=O)CN(c1ccc(Cl)cc1)S(C)(=O)=O. The summed E-state index contributed by atoms with van der Waals surface area (Å²) >= 11 is 12.0. The molecule has 0 aromatic heterocycles. The van der Waals surface area contributed by atoms with E-state index < -0.39 is 28.5 Å². The topological polar surface area (TPSA) is 86.8 Å². The van der Waals surface area contributed by atoms with Gasteiger partial charge in [0.2, 0.25) is 21.8 Å². The number of halogens is 2. The number of hydrogen-bond acceptors (Lipinski definition) is 4. The van der Waals surface area contributed by atoms with Gasteiger partial charge in [0.15, 0.2) is 0 Å². The molecule has 1 N–H and O–H groups in total. The molecular weight excluding hydrogens is 509 g/mol. The van der Waals surface area contributed by atoms with Crippen LogP contribution >= 0.6 is 23.2 Å². The molecule has 1 atom stereocenters. The molecule has 1 aliphatic carbocycles. The summed E-state index contributed by atoms with van der Waals surface area (Å²) in [4.78, 5) is 28.1. The fraction of sp³-hybridized carbons (Fsp3) is 0.440. The van der Waals surface area contributed by atoms with Gasteiger partial charge >= 0.3 is 0 Å². The summed E-state index contributed by atoms with van der Waals surface area (Å²) in [5, 5.41) is 4.08. The van der Waals surface area contributed by atoms with E-state index >= 15 is 0 Å². The molecule has 0 unspecified atom stereocenters. The van der Waals surface area contributed by atoms with Gasteiger partial charge < -0.3 is 10.2 Å². The van der Waals surface area contributed by atoms with Gasteiger partial charge in [0, 0.05) is 22.6 Å². The number of anilines is 1. The highest BCUT2D eigenvalue weighted by Crippen LogP contribution is 2.22. The first-order valence-electron chi connectivity index (χ1n) is 11.6. The van der Waals surface area contributed by atoms with Crippen molar-refractivity contribution in [2.45, 2.75) is 57.7 Å². The van der Waals surface area contributed by atoms with E-state index in [0.717, 1.165) is 48.2 Å². The van der Waals surface area contributed by atoms with Crippen LogP contribution in [0.4, 0.5) is 5.69 Å². The molecule has 1 fully saturated rings. The standard InChI is InChI=1S/C25H31Cl2N3O4S/c1-18(25(32)28-22-6-4-3-5-7-22)29(16-19-8-10-20(26)11-9-19)24(31)17-30(35(2,33)34)23-14-12-21(27)13-15-23/h8-15,18,22H,3-7,16-17H2,1-2H3,(H,28,32)/t18-/m1/s1. The minimum absolute atomic E-state index is 0.0905. The van der Waals surface area contributed by atoms with E-state index in [0.29, 0.717) is 15.7 Å². The van der Waals surface area contributed by atoms with Crippen molar-refractivity contribution < 1.29 is 18.0 Å². The predicted octanol–water partition coefficient (Wildman–Crippen LogP) is 4.63. The maximum absolute atomic E-state index is 13.5. The molecule has 2 aromatic carbocycles. The Morgan fingerprint density at radius 3 is 2.06 bits per heavy atom. The lowest BCUT2D eigenvalue weighted by Crippen LogP contribution is -2.52. The molecule has 0 radical (unpaired) electrons. The Morgan fingerprint density at radius 2 is 1.51 bits per heavy atom. The molecule has 0 heterocycles. The largest absolute Gasteiger partial charge is 0.352 e. The van der Waals surface area contributed by atoms with Gasteiger partial charge in [-0.2, -0.15) is 0 Å². The Bertz CT molecular complexity index is 1120. The number of amides is 2. The molecule has 2 amide bonds. The van der Waals surface area contributed by atoms with E-state index in [1.165, 1.54) is 4.90 Å². The molecule has 7 nitrogen and oxygen atoms in total. The lowest BCUT2D eigenvalue weighted by molar-refractivity contribution is -0.139. The van der Waals surface area contributed by atoms with Crippen LogP contribution in [0, 0.1) is 0 Å². The Labute approximate surface area is 217 Å². The minimum Gasteiger partial charge on any atom is -0.352 e. The lowest BCUT2D eigenvalue weighted by Gasteiger charge is -2.33. The first kappa shape index (κ1) is 27.3. The molecule has 0 spiro atoms. The minimum atomic E-state index is -3.78. The number of rotatable bonds is 9. The number of nitrogens with zero attached hydrogens (tertiary/aromatic N) is 2. The van der Waals surface area contributed by atoms with Gasteiger partial charge in [0.25, 0.3) is 0 Å². The number of sulfonamides is 1. The maximum atomic E-state index is 13.5. The van der Waals surface area contributed by atoms with Crippen molar-refractivity contribution in [2.75, 3.05) is 17.1 Å². The van der Waals surface area contributed by atoms with Crippen LogP contribution in [-0.4, -0.2) is 50.0 Å². The van der Waals surface area contributed by atoms with Crippen molar-refractivity contribution in [1.29, 1.82) is 0 Å². The van der Waals surface area contributed by atoms with Crippen LogP contribution in [-0.2, 0) is 26.2 Å². The summed E-state index contributed by atoms with van der Waals surface area (Å²) < 4.78 is 26.2. The Balaban J connectivity index is 1.85. The van der Waals surface area contributed by atoms with E-state index in [1.807, 2.05) is 0 Å². The van der Waals surface area contributed by atoms with Crippen LogP contribution in [0.15, 0.2) is 48.5 Å². The second-order valence-electron chi connectivity index (χ2n) is 8.91. The highest BCUT2D eigenvalue weighted by molar-refractivity contribution is 7.92. The second kappa shape index (κ2) is 12.1. The number of benzene rings is 2. The van der Waals surface area contributed by atoms with Crippen molar-refractivity contribution in [3.63, 3.8) is 0 Å². The predicted molar refractivity (Wildman–Crippen MR) is 140 cm³/mol. The molecule has 1 saturated carbocycles. The van der Waals surface area contributed by atoms with Crippen molar-refractivity contribution in [1.82, 2.24) is 10.2 Å². The van der Waals surface area contributed by atoms with E-state index in [2.05, 4.69) is 5.32 Å². The Kier molecular flexibility index (Phi) is 9.44. The monoisotopic (exact) mass is 539 g/mol. The molecule has 1 aliphatic rings. The van der Waals surface area contributed by atoms with Crippen LogP contribution < -0.4 is 9.62 Å². The normalized spacial score (nSPS) is 15.3. The van der Waals surface area contributed by atoms with Crippen molar-refractivity contribution in [3.05, 3.63) is 64.1 Å². The third kappa shape index (κ3) is 7.85. The zero-order valence-corrected chi connectivity index (χ0v) is 22.2. The van der Waals surface area contributed by atoms with E-state index in [1.54, 1.807) is 55.5 Å². The van der Waals surface area contributed by atoms with Gasteiger partial charge in [-0.25, -0.2) is 8.42 Å². The molecule has 2 aromatic rings. The average Bonchev–Trinajstić information content (AvgIpc) is 2.82. The smallest absolute Gasteiger partial charge is 0.244 e.